The molecule has 1 aliphatic heterocycles. The molecule has 0 aromatic carbocycles. The van der Waals surface area contributed by atoms with E-state index in [-0.39, 0.29) is 12.2 Å². The van der Waals surface area contributed by atoms with E-state index < -0.39 is 0 Å². The van der Waals surface area contributed by atoms with E-state index in [1.165, 1.54) is 51.2 Å². The third-order valence-electron chi connectivity index (χ3n) is 3.12. The average molecular weight is 209 g/mol. The van der Waals surface area contributed by atoms with Crippen LogP contribution in [-0.2, 0) is 4.79 Å². The molecule has 2 N–H and O–H groups in total. The number of amides is 1. The first-order chi connectivity index (χ1) is 7.34. The number of rotatable bonds is 2. The van der Waals surface area contributed by atoms with Crippen molar-refractivity contribution in [2.75, 3.05) is 0 Å². The van der Waals surface area contributed by atoms with E-state index in [0.29, 0.717) is 6.04 Å². The number of nitrogens with zero attached hydrogens (tertiary/aromatic N) is 1. The molecule has 0 bridgehead atoms. The zero-order valence-electron chi connectivity index (χ0n) is 9.04. The number of hydrogen-bond donors (Lipinski definition) is 2. The van der Waals surface area contributed by atoms with Crippen molar-refractivity contribution in [3.05, 3.63) is 0 Å². The van der Waals surface area contributed by atoms with Crippen molar-refractivity contribution in [2.24, 2.45) is 4.99 Å². The lowest BCUT2D eigenvalue weighted by Gasteiger charge is -2.23. The summed E-state index contributed by atoms with van der Waals surface area (Å²) in [6.45, 7) is 0. The van der Waals surface area contributed by atoms with Crippen molar-refractivity contribution >= 4 is 12.1 Å². The lowest BCUT2D eigenvalue weighted by atomic mass is 9.97. The van der Waals surface area contributed by atoms with Gasteiger partial charge in [0.1, 0.15) is 0 Å². The van der Waals surface area contributed by atoms with Crippen molar-refractivity contribution in [1.82, 2.24) is 10.6 Å². The zero-order chi connectivity index (χ0) is 10.5. The van der Waals surface area contributed by atoms with Crippen LogP contribution in [0.5, 0.6) is 0 Å². The van der Waals surface area contributed by atoms with Gasteiger partial charge in [-0.05, 0) is 12.8 Å². The fourth-order valence-electron chi connectivity index (χ4n) is 2.28. The molecule has 2 rings (SSSR count). The van der Waals surface area contributed by atoms with Gasteiger partial charge in [-0.2, -0.15) is 0 Å². The minimum Gasteiger partial charge on any atom is -0.317 e. The highest BCUT2D eigenvalue weighted by atomic mass is 16.2. The standard InChI is InChI=1S/C11H19N3O/c15-10-8-12-11(14-10)13-9-6-4-2-1-3-5-7-9/h8-9,11,13H,1-7H2,(H,14,15). The predicted molar refractivity (Wildman–Crippen MR) is 59.7 cm³/mol. The number of hydrogen-bond acceptors (Lipinski definition) is 3. The van der Waals surface area contributed by atoms with Gasteiger partial charge in [0.2, 0.25) is 0 Å². The van der Waals surface area contributed by atoms with Crippen molar-refractivity contribution in [3.63, 3.8) is 0 Å². The summed E-state index contributed by atoms with van der Waals surface area (Å²) in [7, 11) is 0. The Balaban J connectivity index is 1.76. The van der Waals surface area contributed by atoms with E-state index in [1.807, 2.05) is 0 Å². The number of nitrogens with one attached hydrogen (secondary N) is 2. The number of carbonyl (C=O) groups is 1. The molecule has 1 fully saturated rings. The van der Waals surface area contributed by atoms with Crippen LogP contribution in [0.1, 0.15) is 44.9 Å². The molecule has 0 spiro atoms. The maximum absolute atomic E-state index is 10.9. The lowest BCUT2D eigenvalue weighted by Crippen LogP contribution is -2.45. The lowest BCUT2D eigenvalue weighted by molar-refractivity contribution is -0.114. The molecule has 0 radical (unpaired) electrons. The Labute approximate surface area is 90.5 Å². The van der Waals surface area contributed by atoms with Crippen LogP contribution in [0, 0.1) is 0 Å². The second kappa shape index (κ2) is 5.26. The topological polar surface area (TPSA) is 53.5 Å². The Morgan fingerprint density at radius 2 is 1.87 bits per heavy atom. The van der Waals surface area contributed by atoms with Crippen LogP contribution in [0.4, 0.5) is 0 Å². The molecule has 1 atom stereocenters. The number of aliphatic imine (C=N–C) groups is 1. The van der Waals surface area contributed by atoms with E-state index in [4.69, 9.17) is 0 Å². The molecule has 1 saturated carbocycles. The van der Waals surface area contributed by atoms with Gasteiger partial charge in [-0.25, -0.2) is 4.99 Å². The Bertz CT molecular complexity index is 244. The van der Waals surface area contributed by atoms with Gasteiger partial charge >= 0.3 is 0 Å². The van der Waals surface area contributed by atoms with Crippen LogP contribution in [0.2, 0.25) is 0 Å². The molecule has 1 amide bonds. The monoisotopic (exact) mass is 209 g/mol. The summed E-state index contributed by atoms with van der Waals surface area (Å²) in [6.07, 6.45) is 10.3. The molecule has 0 aromatic heterocycles. The van der Waals surface area contributed by atoms with Gasteiger partial charge in [0.25, 0.3) is 5.91 Å². The van der Waals surface area contributed by atoms with E-state index in [9.17, 15) is 4.79 Å². The summed E-state index contributed by atoms with van der Waals surface area (Å²) in [5, 5.41) is 6.15. The van der Waals surface area contributed by atoms with Crippen molar-refractivity contribution in [1.29, 1.82) is 0 Å². The van der Waals surface area contributed by atoms with E-state index in [1.54, 1.807) is 0 Å². The molecule has 1 heterocycles. The molecule has 1 unspecified atom stereocenters. The van der Waals surface area contributed by atoms with Crippen LogP contribution >= 0.6 is 0 Å². The van der Waals surface area contributed by atoms with Gasteiger partial charge < -0.3 is 5.32 Å². The van der Waals surface area contributed by atoms with Gasteiger partial charge in [0.15, 0.2) is 6.29 Å². The smallest absolute Gasteiger partial charge is 0.264 e. The molecular formula is C11H19N3O. The summed E-state index contributed by atoms with van der Waals surface area (Å²) in [6, 6.07) is 0.519. The first kappa shape index (κ1) is 10.6. The Morgan fingerprint density at radius 3 is 2.47 bits per heavy atom. The molecule has 4 nitrogen and oxygen atoms in total. The van der Waals surface area contributed by atoms with Crippen LogP contribution < -0.4 is 10.6 Å². The molecule has 4 heteroatoms. The first-order valence-corrected chi connectivity index (χ1v) is 5.94. The van der Waals surface area contributed by atoms with Crippen LogP contribution in [0.25, 0.3) is 0 Å². The predicted octanol–water partition coefficient (Wildman–Crippen LogP) is 1.17. The Morgan fingerprint density at radius 1 is 1.20 bits per heavy atom. The quantitative estimate of drug-likeness (QED) is 0.717. The van der Waals surface area contributed by atoms with Gasteiger partial charge in [-0.3, -0.25) is 10.1 Å². The molecule has 0 saturated heterocycles. The maximum Gasteiger partial charge on any atom is 0.264 e. The van der Waals surface area contributed by atoms with Gasteiger partial charge in [0, 0.05) is 6.04 Å². The van der Waals surface area contributed by atoms with E-state index in [0.717, 1.165) is 0 Å². The second-order valence-corrected chi connectivity index (χ2v) is 4.40. The molecule has 1 aliphatic carbocycles. The van der Waals surface area contributed by atoms with Crippen molar-refractivity contribution in [2.45, 2.75) is 57.3 Å². The largest absolute Gasteiger partial charge is 0.317 e. The van der Waals surface area contributed by atoms with Crippen molar-refractivity contribution in [3.8, 4) is 0 Å². The highest BCUT2D eigenvalue weighted by Crippen LogP contribution is 2.17. The Hall–Kier alpha value is -0.900. The summed E-state index contributed by atoms with van der Waals surface area (Å²) in [5.74, 6) is -0.0849. The third kappa shape index (κ3) is 3.30. The Kier molecular flexibility index (Phi) is 3.72. The number of carbonyl (C=O) groups excluding carboxylic acids is 1. The summed E-state index contributed by atoms with van der Waals surface area (Å²) in [5.41, 5.74) is 0. The average Bonchev–Trinajstić information content (AvgIpc) is 2.56. The van der Waals surface area contributed by atoms with E-state index in [2.05, 4.69) is 15.6 Å². The molecular weight excluding hydrogens is 190 g/mol. The summed E-state index contributed by atoms with van der Waals surface area (Å²) < 4.78 is 0. The fourth-order valence-corrected chi connectivity index (χ4v) is 2.28. The zero-order valence-corrected chi connectivity index (χ0v) is 9.04. The second-order valence-electron chi connectivity index (χ2n) is 4.40. The fraction of sp³-hybridized carbons (Fsp3) is 0.818. The van der Waals surface area contributed by atoms with Crippen LogP contribution in [-0.4, -0.2) is 24.5 Å². The summed E-state index contributed by atoms with van der Waals surface area (Å²) in [4.78, 5) is 15.0. The van der Waals surface area contributed by atoms with Gasteiger partial charge in [-0.15, -0.1) is 0 Å². The molecule has 15 heavy (non-hydrogen) atoms. The summed E-state index contributed by atoms with van der Waals surface area (Å²) >= 11 is 0. The highest BCUT2D eigenvalue weighted by Gasteiger charge is 2.19. The van der Waals surface area contributed by atoms with Crippen molar-refractivity contribution < 1.29 is 4.79 Å². The third-order valence-corrected chi connectivity index (χ3v) is 3.12. The van der Waals surface area contributed by atoms with E-state index >= 15 is 0 Å². The van der Waals surface area contributed by atoms with Gasteiger partial charge in [-0.1, -0.05) is 32.1 Å². The molecule has 84 valence electrons. The first-order valence-electron chi connectivity index (χ1n) is 5.94. The highest BCUT2D eigenvalue weighted by molar-refractivity contribution is 6.27. The minimum atomic E-state index is -0.179. The SMILES string of the molecule is O=C1C=NC(NC2CCCCCCC2)N1. The van der Waals surface area contributed by atoms with Gasteiger partial charge in [0.05, 0.1) is 6.21 Å². The normalized spacial score (nSPS) is 28.5. The van der Waals surface area contributed by atoms with Crippen LogP contribution in [0.15, 0.2) is 4.99 Å². The molecule has 0 aromatic rings. The maximum atomic E-state index is 10.9. The minimum absolute atomic E-state index is 0.0849. The van der Waals surface area contributed by atoms with Crippen LogP contribution in [0.3, 0.4) is 0 Å². The molecule has 2 aliphatic rings.